The van der Waals surface area contributed by atoms with Crippen molar-refractivity contribution in [1.82, 2.24) is 4.90 Å². The van der Waals surface area contributed by atoms with Gasteiger partial charge in [-0.05, 0) is 43.9 Å². The van der Waals surface area contributed by atoms with Crippen LogP contribution in [0.4, 0.5) is 0 Å². The summed E-state index contributed by atoms with van der Waals surface area (Å²) in [6.07, 6.45) is 2.70. The zero-order valence-corrected chi connectivity index (χ0v) is 13.6. The zero-order chi connectivity index (χ0) is 14.5. The summed E-state index contributed by atoms with van der Waals surface area (Å²) in [5.41, 5.74) is 7.03. The minimum Gasteiger partial charge on any atom is -0.492 e. The molecule has 1 aliphatic rings. The number of aryl methyl sites for hydroxylation is 1. The summed E-state index contributed by atoms with van der Waals surface area (Å²) in [5, 5.41) is 0. The van der Waals surface area contributed by atoms with Crippen LogP contribution in [0.15, 0.2) is 24.3 Å². The average molecular weight is 313 g/mol. The topological polar surface area (TPSA) is 55.6 Å². The van der Waals surface area contributed by atoms with Crippen LogP contribution in [-0.2, 0) is 4.79 Å². The Kier molecular flexibility index (Phi) is 6.99. The maximum atomic E-state index is 12.2. The molecule has 2 unspecified atom stereocenters. The van der Waals surface area contributed by atoms with Gasteiger partial charge in [0, 0.05) is 19.0 Å². The van der Waals surface area contributed by atoms with Crippen LogP contribution in [0.1, 0.15) is 24.8 Å². The molecule has 1 aromatic rings. The molecule has 5 heteroatoms. The second-order valence-corrected chi connectivity index (χ2v) is 5.69. The predicted molar refractivity (Wildman–Crippen MR) is 86.9 cm³/mol. The highest BCUT2D eigenvalue weighted by Gasteiger charge is 2.29. The summed E-state index contributed by atoms with van der Waals surface area (Å²) in [6.45, 7) is 3.16. The van der Waals surface area contributed by atoms with E-state index in [-0.39, 0.29) is 30.3 Å². The molecule has 1 amide bonds. The fourth-order valence-corrected chi connectivity index (χ4v) is 2.67. The van der Waals surface area contributed by atoms with Crippen molar-refractivity contribution in [2.75, 3.05) is 20.2 Å². The molecule has 2 atom stereocenters. The van der Waals surface area contributed by atoms with E-state index in [1.165, 1.54) is 5.56 Å². The van der Waals surface area contributed by atoms with Gasteiger partial charge in [0.05, 0.1) is 6.54 Å². The van der Waals surface area contributed by atoms with Crippen LogP contribution in [-0.4, -0.2) is 37.0 Å². The summed E-state index contributed by atoms with van der Waals surface area (Å²) in [6, 6.07) is 8.13. The summed E-state index contributed by atoms with van der Waals surface area (Å²) in [4.78, 5) is 14.0. The Bertz CT molecular complexity index is 467. The number of ether oxygens (including phenoxy) is 1. The van der Waals surface area contributed by atoms with E-state index in [0.29, 0.717) is 13.2 Å². The third-order valence-corrected chi connectivity index (χ3v) is 3.88. The SMILES string of the molecule is Cc1cccc(OCCN(C)C(=O)C2CCC(N)C2)c1.Cl. The summed E-state index contributed by atoms with van der Waals surface area (Å²) >= 11 is 0. The van der Waals surface area contributed by atoms with Crippen LogP contribution in [0, 0.1) is 12.8 Å². The highest BCUT2D eigenvalue weighted by atomic mass is 35.5. The normalized spacial score (nSPS) is 20.7. The molecule has 0 bridgehead atoms. The van der Waals surface area contributed by atoms with Gasteiger partial charge in [-0.15, -0.1) is 12.4 Å². The highest BCUT2D eigenvalue weighted by Crippen LogP contribution is 2.25. The molecule has 2 rings (SSSR count). The van der Waals surface area contributed by atoms with Crippen molar-refractivity contribution in [2.24, 2.45) is 11.7 Å². The van der Waals surface area contributed by atoms with Gasteiger partial charge < -0.3 is 15.4 Å². The first-order valence-corrected chi connectivity index (χ1v) is 7.26. The smallest absolute Gasteiger partial charge is 0.225 e. The van der Waals surface area contributed by atoms with Crippen LogP contribution in [0.3, 0.4) is 0 Å². The first kappa shape index (κ1) is 17.8. The molecule has 118 valence electrons. The van der Waals surface area contributed by atoms with E-state index in [9.17, 15) is 4.79 Å². The summed E-state index contributed by atoms with van der Waals surface area (Å²) in [7, 11) is 1.84. The molecule has 0 radical (unpaired) electrons. The highest BCUT2D eigenvalue weighted by molar-refractivity contribution is 5.85. The van der Waals surface area contributed by atoms with Gasteiger partial charge in [-0.3, -0.25) is 4.79 Å². The standard InChI is InChI=1S/C16H24N2O2.ClH/c1-12-4-3-5-15(10-12)20-9-8-18(2)16(19)13-6-7-14(17)11-13;/h3-5,10,13-14H,6-9,11,17H2,1-2H3;1H. The van der Waals surface area contributed by atoms with E-state index in [0.717, 1.165) is 25.0 Å². The Morgan fingerprint density at radius 3 is 2.81 bits per heavy atom. The van der Waals surface area contributed by atoms with E-state index in [2.05, 4.69) is 0 Å². The Labute approximate surface area is 133 Å². The molecule has 0 spiro atoms. The third kappa shape index (κ3) is 5.21. The molecule has 0 aliphatic heterocycles. The number of likely N-dealkylation sites (N-methyl/N-ethyl adjacent to an activating group) is 1. The van der Waals surface area contributed by atoms with Crippen molar-refractivity contribution in [1.29, 1.82) is 0 Å². The lowest BCUT2D eigenvalue weighted by Gasteiger charge is -2.21. The van der Waals surface area contributed by atoms with E-state index in [1.54, 1.807) is 4.90 Å². The average Bonchev–Trinajstić information content (AvgIpc) is 2.84. The van der Waals surface area contributed by atoms with Gasteiger partial charge in [-0.1, -0.05) is 12.1 Å². The molecule has 1 aromatic carbocycles. The number of nitrogens with zero attached hydrogens (tertiary/aromatic N) is 1. The second kappa shape index (κ2) is 8.25. The summed E-state index contributed by atoms with van der Waals surface area (Å²) < 4.78 is 5.67. The number of amides is 1. The Morgan fingerprint density at radius 1 is 1.43 bits per heavy atom. The van der Waals surface area contributed by atoms with Crippen LogP contribution in [0.5, 0.6) is 5.75 Å². The number of rotatable bonds is 5. The molecule has 21 heavy (non-hydrogen) atoms. The molecule has 0 saturated heterocycles. The van der Waals surface area contributed by atoms with E-state index >= 15 is 0 Å². The molecule has 2 N–H and O–H groups in total. The predicted octanol–water partition coefficient (Wildman–Crippen LogP) is 2.38. The van der Waals surface area contributed by atoms with Gasteiger partial charge in [-0.2, -0.15) is 0 Å². The fourth-order valence-electron chi connectivity index (χ4n) is 2.67. The van der Waals surface area contributed by atoms with Crippen molar-refractivity contribution in [3.05, 3.63) is 29.8 Å². The van der Waals surface area contributed by atoms with Crippen LogP contribution < -0.4 is 10.5 Å². The molecular weight excluding hydrogens is 288 g/mol. The van der Waals surface area contributed by atoms with Crippen LogP contribution in [0.2, 0.25) is 0 Å². The Morgan fingerprint density at radius 2 is 2.19 bits per heavy atom. The molecule has 1 aliphatic carbocycles. The van der Waals surface area contributed by atoms with Crippen molar-refractivity contribution < 1.29 is 9.53 Å². The quantitative estimate of drug-likeness (QED) is 0.908. The lowest BCUT2D eigenvalue weighted by molar-refractivity contribution is -0.134. The number of halogens is 1. The third-order valence-electron chi connectivity index (χ3n) is 3.88. The first-order chi connectivity index (χ1) is 9.56. The van der Waals surface area contributed by atoms with Gasteiger partial charge in [0.15, 0.2) is 0 Å². The molecule has 1 fully saturated rings. The molecular formula is C16H25ClN2O2. The number of carbonyl (C=O) groups excluding carboxylic acids is 1. The minimum absolute atomic E-state index is 0. The second-order valence-electron chi connectivity index (χ2n) is 5.69. The Hall–Kier alpha value is -1.26. The molecule has 4 nitrogen and oxygen atoms in total. The number of carbonyl (C=O) groups is 1. The lowest BCUT2D eigenvalue weighted by atomic mass is 10.1. The Balaban J connectivity index is 0.00000220. The molecule has 1 saturated carbocycles. The minimum atomic E-state index is 0. The van der Waals surface area contributed by atoms with Gasteiger partial charge >= 0.3 is 0 Å². The maximum Gasteiger partial charge on any atom is 0.225 e. The van der Waals surface area contributed by atoms with Gasteiger partial charge in [-0.25, -0.2) is 0 Å². The number of nitrogens with two attached hydrogens (primary N) is 1. The zero-order valence-electron chi connectivity index (χ0n) is 12.7. The maximum absolute atomic E-state index is 12.2. The molecule has 0 heterocycles. The fraction of sp³-hybridized carbons (Fsp3) is 0.562. The lowest BCUT2D eigenvalue weighted by Crippen LogP contribution is -2.35. The van der Waals surface area contributed by atoms with Crippen molar-refractivity contribution >= 4 is 18.3 Å². The van der Waals surface area contributed by atoms with Gasteiger partial charge in [0.2, 0.25) is 5.91 Å². The molecule has 0 aromatic heterocycles. The van der Waals surface area contributed by atoms with Crippen LogP contribution >= 0.6 is 12.4 Å². The summed E-state index contributed by atoms with van der Waals surface area (Å²) in [5.74, 6) is 1.16. The first-order valence-electron chi connectivity index (χ1n) is 7.26. The number of hydrogen-bond acceptors (Lipinski definition) is 3. The van der Waals surface area contributed by atoms with Crippen molar-refractivity contribution in [3.63, 3.8) is 0 Å². The number of benzene rings is 1. The van der Waals surface area contributed by atoms with Gasteiger partial charge in [0.25, 0.3) is 0 Å². The van der Waals surface area contributed by atoms with E-state index in [1.807, 2.05) is 38.2 Å². The number of hydrogen-bond donors (Lipinski definition) is 1. The van der Waals surface area contributed by atoms with Crippen LogP contribution in [0.25, 0.3) is 0 Å². The van der Waals surface area contributed by atoms with E-state index < -0.39 is 0 Å². The van der Waals surface area contributed by atoms with Crippen molar-refractivity contribution in [3.8, 4) is 5.75 Å². The monoisotopic (exact) mass is 312 g/mol. The van der Waals surface area contributed by atoms with Gasteiger partial charge in [0.1, 0.15) is 12.4 Å². The van der Waals surface area contributed by atoms with E-state index in [4.69, 9.17) is 10.5 Å². The van der Waals surface area contributed by atoms with Crippen molar-refractivity contribution in [2.45, 2.75) is 32.2 Å². The largest absolute Gasteiger partial charge is 0.492 e.